The van der Waals surface area contributed by atoms with Gasteiger partial charge in [0.15, 0.2) is 11.4 Å². The monoisotopic (exact) mass is 546 g/mol. The van der Waals surface area contributed by atoms with E-state index in [-0.39, 0.29) is 35.6 Å². The average Bonchev–Trinajstić information content (AvgIpc) is 2.88. The van der Waals surface area contributed by atoms with Crippen LogP contribution in [0.1, 0.15) is 48.1 Å². The maximum Gasteiger partial charge on any atom is 0.255 e. The van der Waals surface area contributed by atoms with Crippen molar-refractivity contribution in [2.45, 2.75) is 52.3 Å². The molecule has 2 aromatic rings. The quantitative estimate of drug-likeness (QED) is 0.300. The molecule has 0 aliphatic heterocycles. The van der Waals surface area contributed by atoms with Crippen molar-refractivity contribution in [3.63, 3.8) is 0 Å². The summed E-state index contributed by atoms with van der Waals surface area (Å²) in [6.45, 7) is 6.54. The van der Waals surface area contributed by atoms with E-state index in [2.05, 4.69) is 5.32 Å². The van der Waals surface area contributed by atoms with Crippen LogP contribution in [0.5, 0.6) is 5.75 Å². The maximum atomic E-state index is 13.9. The summed E-state index contributed by atoms with van der Waals surface area (Å²) in [6.07, 6.45) is 0.368. The molecule has 0 unspecified atom stereocenters. The highest BCUT2D eigenvalue weighted by molar-refractivity contribution is 6.23. The van der Waals surface area contributed by atoms with Gasteiger partial charge in [-0.2, -0.15) is 0 Å². The molecule has 1 amide bonds. The van der Waals surface area contributed by atoms with Crippen LogP contribution in [0, 0.1) is 30.6 Å². The lowest BCUT2D eigenvalue weighted by Crippen LogP contribution is -2.62. The highest BCUT2D eigenvalue weighted by Crippen LogP contribution is 2.54. The Morgan fingerprint density at radius 1 is 1.07 bits per heavy atom. The smallest absolute Gasteiger partial charge is 0.255 e. The molecule has 5 rings (SSSR count). The number of aliphatic hydroxyl groups excluding tert-OH is 2. The summed E-state index contributed by atoms with van der Waals surface area (Å²) in [5, 5.41) is 48.1. The van der Waals surface area contributed by atoms with Gasteiger partial charge in [-0.05, 0) is 54.4 Å². The molecule has 9 nitrogen and oxygen atoms in total. The number of phenolic OH excluding ortho intramolecular Hbond substituents is 1. The minimum Gasteiger partial charge on any atom is -0.508 e. The first-order valence-corrected chi connectivity index (χ1v) is 13.5. The van der Waals surface area contributed by atoms with Gasteiger partial charge in [0.2, 0.25) is 5.78 Å². The number of amides is 1. The number of benzene rings is 2. The molecule has 9 heteroatoms. The van der Waals surface area contributed by atoms with Gasteiger partial charge in [0, 0.05) is 30.5 Å². The fourth-order valence-electron chi connectivity index (χ4n) is 6.76. The van der Waals surface area contributed by atoms with E-state index in [1.807, 2.05) is 31.2 Å². The summed E-state index contributed by atoms with van der Waals surface area (Å²) in [5.41, 5.74) is 5.71. The lowest BCUT2D eigenvalue weighted by Gasteiger charge is -2.50. The summed E-state index contributed by atoms with van der Waals surface area (Å²) >= 11 is 0. The first kappa shape index (κ1) is 27.6. The van der Waals surface area contributed by atoms with Crippen molar-refractivity contribution in [2.75, 3.05) is 0 Å². The van der Waals surface area contributed by atoms with Crippen LogP contribution in [0.3, 0.4) is 0 Å². The third-order valence-corrected chi connectivity index (χ3v) is 8.71. The number of aryl methyl sites for hydroxylation is 1. The number of hydrogen-bond donors (Lipinski definition) is 6. The van der Waals surface area contributed by atoms with E-state index in [4.69, 9.17) is 5.73 Å². The summed E-state index contributed by atoms with van der Waals surface area (Å²) in [4.78, 5) is 39.3. The number of aliphatic hydroxyl groups is 3. The molecule has 0 heterocycles. The Labute approximate surface area is 232 Å². The number of primary amides is 1. The number of nitrogens with two attached hydrogens (primary N) is 1. The zero-order valence-electron chi connectivity index (χ0n) is 22.7. The van der Waals surface area contributed by atoms with Crippen LogP contribution in [0.25, 0.3) is 5.76 Å². The van der Waals surface area contributed by atoms with Crippen molar-refractivity contribution in [1.82, 2.24) is 5.32 Å². The topological polar surface area (TPSA) is 170 Å². The molecule has 0 bridgehead atoms. The van der Waals surface area contributed by atoms with Gasteiger partial charge >= 0.3 is 0 Å². The van der Waals surface area contributed by atoms with Crippen LogP contribution in [-0.4, -0.2) is 43.5 Å². The number of carbonyl (C=O) groups is 3. The molecule has 1 fully saturated rings. The number of aromatic hydroxyl groups is 1. The summed E-state index contributed by atoms with van der Waals surface area (Å²) in [7, 11) is 0. The summed E-state index contributed by atoms with van der Waals surface area (Å²) in [5.74, 6) is -7.63. The standard InChI is InChI=1S/C31H34N2O7/c1-14(2)22-20-11-18-10-19-17(13-33-12-16-6-4-15(3)5-7-16)8-9-21(34)24(19)27(36)23(18)28(37)31(20,40)29(38)25(26(22)35)30(32)39/h4-9,14,18,20,22,33-34,36,38,40H,10-13H2,1-3H3,(H2,32,39)/t18-,20-,22-,31-/m0/s1. The fraction of sp³-hybridized carbons (Fsp3) is 0.387. The second kappa shape index (κ2) is 9.91. The van der Waals surface area contributed by atoms with Crippen LogP contribution >= 0.6 is 0 Å². The molecule has 0 aromatic heterocycles. The van der Waals surface area contributed by atoms with Crippen molar-refractivity contribution in [3.8, 4) is 5.75 Å². The largest absolute Gasteiger partial charge is 0.508 e. The van der Waals surface area contributed by atoms with E-state index in [9.17, 15) is 34.8 Å². The van der Waals surface area contributed by atoms with Crippen molar-refractivity contribution >= 4 is 23.2 Å². The van der Waals surface area contributed by atoms with Crippen molar-refractivity contribution in [3.05, 3.63) is 81.1 Å². The van der Waals surface area contributed by atoms with Gasteiger partial charge in [-0.1, -0.05) is 49.7 Å². The Hall–Kier alpha value is -3.95. The second-order valence-corrected chi connectivity index (χ2v) is 11.5. The molecule has 3 aliphatic rings. The van der Waals surface area contributed by atoms with E-state index in [1.165, 1.54) is 6.07 Å². The molecule has 0 saturated heterocycles. The maximum absolute atomic E-state index is 13.9. The summed E-state index contributed by atoms with van der Waals surface area (Å²) in [6, 6.07) is 11.4. The highest BCUT2D eigenvalue weighted by atomic mass is 16.3. The van der Waals surface area contributed by atoms with Gasteiger partial charge in [0.1, 0.15) is 22.8 Å². The molecule has 7 N–H and O–H groups in total. The first-order chi connectivity index (χ1) is 18.9. The predicted octanol–water partition coefficient (Wildman–Crippen LogP) is 2.90. The SMILES string of the molecule is Cc1ccc(CNCc2ccc(O)c3c2C[C@H]2C[C@H]4[C@H](C(C)C)C(=O)C(C(N)=O)=C(O)[C@@]4(O)C(=O)C2=C3O)cc1. The molecule has 4 atom stereocenters. The molecule has 3 aliphatic carbocycles. The fourth-order valence-corrected chi connectivity index (χ4v) is 6.76. The molecule has 40 heavy (non-hydrogen) atoms. The minimum absolute atomic E-state index is 0.0949. The minimum atomic E-state index is -2.60. The van der Waals surface area contributed by atoms with Crippen molar-refractivity contribution in [1.29, 1.82) is 0 Å². The average molecular weight is 547 g/mol. The van der Waals surface area contributed by atoms with E-state index in [1.54, 1.807) is 19.9 Å². The number of carbonyl (C=O) groups excluding carboxylic acids is 3. The van der Waals surface area contributed by atoms with E-state index >= 15 is 0 Å². The molecular weight excluding hydrogens is 512 g/mol. The Kier molecular flexibility index (Phi) is 6.84. The molecule has 2 aromatic carbocycles. The van der Waals surface area contributed by atoms with Gasteiger partial charge in [0.25, 0.3) is 5.91 Å². The molecular formula is C31H34N2O7. The Morgan fingerprint density at radius 3 is 2.38 bits per heavy atom. The number of phenols is 1. The Balaban J connectivity index is 1.56. The number of ketones is 2. The third kappa shape index (κ3) is 4.12. The molecule has 0 spiro atoms. The third-order valence-electron chi connectivity index (χ3n) is 8.71. The Bertz CT molecular complexity index is 1490. The molecule has 0 radical (unpaired) electrons. The van der Waals surface area contributed by atoms with Crippen molar-refractivity contribution in [2.24, 2.45) is 29.4 Å². The van der Waals surface area contributed by atoms with Crippen LogP contribution in [0.4, 0.5) is 0 Å². The second-order valence-electron chi connectivity index (χ2n) is 11.5. The van der Waals surface area contributed by atoms with Crippen LogP contribution in [-0.2, 0) is 33.9 Å². The number of rotatable bonds is 6. The highest BCUT2D eigenvalue weighted by Gasteiger charge is 2.64. The van der Waals surface area contributed by atoms with E-state index < -0.39 is 57.9 Å². The van der Waals surface area contributed by atoms with E-state index in [0.717, 1.165) is 16.7 Å². The Morgan fingerprint density at radius 2 is 1.75 bits per heavy atom. The summed E-state index contributed by atoms with van der Waals surface area (Å²) < 4.78 is 0. The van der Waals surface area contributed by atoms with Gasteiger partial charge in [0.05, 0.1) is 5.56 Å². The van der Waals surface area contributed by atoms with Crippen LogP contribution in [0.2, 0.25) is 0 Å². The van der Waals surface area contributed by atoms with Crippen LogP contribution < -0.4 is 11.1 Å². The zero-order chi connectivity index (χ0) is 29.1. The number of Topliss-reactive ketones (excluding diaryl/α,β-unsaturated/α-hetero) is 2. The van der Waals surface area contributed by atoms with Gasteiger partial charge in [-0.15, -0.1) is 0 Å². The predicted molar refractivity (Wildman–Crippen MR) is 147 cm³/mol. The van der Waals surface area contributed by atoms with Crippen LogP contribution in [0.15, 0.2) is 53.3 Å². The zero-order valence-corrected chi connectivity index (χ0v) is 22.7. The number of hydrogen-bond acceptors (Lipinski definition) is 8. The van der Waals surface area contributed by atoms with Gasteiger partial charge < -0.3 is 31.5 Å². The first-order valence-electron chi connectivity index (χ1n) is 13.5. The molecule has 210 valence electrons. The van der Waals surface area contributed by atoms with E-state index in [0.29, 0.717) is 18.7 Å². The lowest BCUT2D eigenvalue weighted by molar-refractivity contribution is -0.155. The van der Waals surface area contributed by atoms with Gasteiger partial charge in [-0.3, -0.25) is 14.4 Å². The number of fused-ring (bicyclic) bond motifs is 3. The lowest BCUT2D eigenvalue weighted by atomic mass is 9.54. The number of nitrogens with one attached hydrogen (secondary N) is 1. The van der Waals surface area contributed by atoms with Gasteiger partial charge in [-0.25, -0.2) is 0 Å². The van der Waals surface area contributed by atoms with Crippen molar-refractivity contribution < 1.29 is 34.8 Å². The normalized spacial score (nSPS) is 26.1. The molecule has 1 saturated carbocycles.